The number of hydrogen-bond donors (Lipinski definition) is 0. The lowest BCUT2D eigenvalue weighted by atomic mass is 9.96. The minimum Gasteiger partial charge on any atom is -0.493 e. The van der Waals surface area contributed by atoms with Crippen molar-refractivity contribution in [3.8, 4) is 17.2 Å². The van der Waals surface area contributed by atoms with Gasteiger partial charge in [-0.1, -0.05) is 35.9 Å². The van der Waals surface area contributed by atoms with Crippen LogP contribution in [-0.4, -0.2) is 32.1 Å². The topological polar surface area (TPSA) is 78.2 Å². The number of ether oxygens (including phenoxy) is 3. The van der Waals surface area contributed by atoms with E-state index in [1.807, 2.05) is 51.1 Å². The maximum absolute atomic E-state index is 14.0. The van der Waals surface area contributed by atoms with Gasteiger partial charge in [0.25, 0.3) is 5.91 Å². The van der Waals surface area contributed by atoms with Gasteiger partial charge < -0.3 is 23.5 Å². The van der Waals surface area contributed by atoms with Gasteiger partial charge in [-0.2, -0.15) is 0 Å². The highest BCUT2D eigenvalue weighted by atomic mass is 16.5. The number of methoxy groups -OCH3 is 3. The van der Waals surface area contributed by atoms with Gasteiger partial charge in [-0.15, -0.1) is 0 Å². The van der Waals surface area contributed by atoms with Gasteiger partial charge in [-0.05, 0) is 61.2 Å². The molecule has 7 heteroatoms. The van der Waals surface area contributed by atoms with Crippen LogP contribution in [0, 0.1) is 20.8 Å². The van der Waals surface area contributed by atoms with E-state index in [0.29, 0.717) is 45.9 Å². The van der Waals surface area contributed by atoms with Crippen molar-refractivity contribution in [3.05, 3.63) is 97.9 Å². The van der Waals surface area contributed by atoms with Crippen molar-refractivity contribution in [1.29, 1.82) is 0 Å². The SMILES string of the molecule is COc1cc(C2c3c(oc4cc(C)cc(C)c4c3=O)C(=O)N2Cc2ccc(C)cc2)cc(OC)c1OC. The summed E-state index contributed by atoms with van der Waals surface area (Å²) in [5, 5.41) is 0.478. The molecule has 190 valence electrons. The summed E-state index contributed by atoms with van der Waals surface area (Å²) in [6, 6.07) is 14.6. The molecule has 1 amide bonds. The van der Waals surface area contributed by atoms with Gasteiger partial charge in [0.05, 0.1) is 38.3 Å². The zero-order chi connectivity index (χ0) is 26.4. The summed E-state index contributed by atoms with van der Waals surface area (Å²) in [6.45, 7) is 6.12. The van der Waals surface area contributed by atoms with Crippen LogP contribution in [0.1, 0.15) is 50.0 Å². The molecule has 4 aromatic rings. The van der Waals surface area contributed by atoms with E-state index >= 15 is 0 Å². The molecule has 1 aromatic heterocycles. The number of fused-ring (bicyclic) bond motifs is 2. The van der Waals surface area contributed by atoms with Crippen LogP contribution in [0.5, 0.6) is 17.2 Å². The van der Waals surface area contributed by atoms with Crippen molar-refractivity contribution in [1.82, 2.24) is 4.90 Å². The molecule has 1 unspecified atom stereocenters. The van der Waals surface area contributed by atoms with E-state index in [9.17, 15) is 9.59 Å². The summed E-state index contributed by atoms with van der Waals surface area (Å²) in [4.78, 5) is 29.6. The predicted octanol–water partition coefficient (Wildman–Crippen LogP) is 5.49. The third kappa shape index (κ3) is 4.00. The van der Waals surface area contributed by atoms with Gasteiger partial charge in [0.2, 0.25) is 11.5 Å². The largest absolute Gasteiger partial charge is 0.493 e. The molecule has 0 radical (unpaired) electrons. The number of benzene rings is 3. The Morgan fingerprint density at radius 3 is 2.08 bits per heavy atom. The average molecular weight is 500 g/mol. The van der Waals surface area contributed by atoms with Crippen molar-refractivity contribution in [3.63, 3.8) is 0 Å². The van der Waals surface area contributed by atoms with Gasteiger partial charge in [-0.3, -0.25) is 9.59 Å². The Morgan fingerprint density at radius 1 is 0.838 bits per heavy atom. The zero-order valence-electron chi connectivity index (χ0n) is 21.8. The first-order valence-corrected chi connectivity index (χ1v) is 12.0. The van der Waals surface area contributed by atoms with E-state index in [-0.39, 0.29) is 17.1 Å². The highest BCUT2D eigenvalue weighted by Crippen LogP contribution is 2.45. The molecule has 5 rings (SSSR count). The van der Waals surface area contributed by atoms with Crippen LogP contribution in [0.25, 0.3) is 11.0 Å². The van der Waals surface area contributed by atoms with Crippen molar-refractivity contribution in [2.45, 2.75) is 33.4 Å². The van der Waals surface area contributed by atoms with Crippen LogP contribution >= 0.6 is 0 Å². The molecular weight excluding hydrogens is 470 g/mol. The van der Waals surface area contributed by atoms with E-state index < -0.39 is 6.04 Å². The Morgan fingerprint density at radius 2 is 1.49 bits per heavy atom. The quantitative estimate of drug-likeness (QED) is 0.349. The second-order valence-corrected chi connectivity index (χ2v) is 9.41. The third-order valence-electron chi connectivity index (χ3n) is 6.89. The second kappa shape index (κ2) is 9.32. The molecule has 0 fully saturated rings. The molecule has 1 atom stereocenters. The van der Waals surface area contributed by atoms with Gasteiger partial charge >= 0.3 is 0 Å². The van der Waals surface area contributed by atoms with E-state index in [2.05, 4.69) is 0 Å². The fourth-order valence-corrected chi connectivity index (χ4v) is 5.17. The third-order valence-corrected chi connectivity index (χ3v) is 6.89. The number of nitrogens with zero attached hydrogens (tertiary/aromatic N) is 1. The highest BCUT2D eigenvalue weighted by molar-refractivity contribution is 5.99. The van der Waals surface area contributed by atoms with Crippen LogP contribution in [-0.2, 0) is 6.54 Å². The molecule has 0 aliphatic carbocycles. The molecule has 0 bridgehead atoms. The summed E-state index contributed by atoms with van der Waals surface area (Å²) in [7, 11) is 4.60. The van der Waals surface area contributed by atoms with E-state index in [0.717, 1.165) is 22.3 Å². The fourth-order valence-electron chi connectivity index (χ4n) is 5.17. The summed E-state index contributed by atoms with van der Waals surface area (Å²) >= 11 is 0. The number of hydrogen-bond acceptors (Lipinski definition) is 6. The lowest BCUT2D eigenvalue weighted by Crippen LogP contribution is -2.29. The maximum atomic E-state index is 14.0. The molecule has 0 saturated heterocycles. The fraction of sp³-hybridized carbons (Fsp3) is 0.267. The monoisotopic (exact) mass is 499 g/mol. The number of aryl methyl sites for hydroxylation is 3. The van der Waals surface area contributed by atoms with Gasteiger partial charge in [0.15, 0.2) is 16.9 Å². The summed E-state index contributed by atoms with van der Waals surface area (Å²) in [5.41, 5.74) is 4.98. The lowest BCUT2D eigenvalue weighted by molar-refractivity contribution is 0.0714. The van der Waals surface area contributed by atoms with Gasteiger partial charge in [0.1, 0.15) is 5.58 Å². The maximum Gasteiger partial charge on any atom is 0.291 e. The average Bonchev–Trinajstić information content (AvgIpc) is 3.15. The Labute approximate surface area is 215 Å². The molecule has 7 nitrogen and oxygen atoms in total. The summed E-state index contributed by atoms with van der Waals surface area (Å²) < 4.78 is 22.8. The second-order valence-electron chi connectivity index (χ2n) is 9.41. The van der Waals surface area contributed by atoms with Crippen molar-refractivity contribution in [2.24, 2.45) is 0 Å². The van der Waals surface area contributed by atoms with Crippen LogP contribution in [0.15, 0.2) is 57.7 Å². The van der Waals surface area contributed by atoms with Crippen LogP contribution in [0.2, 0.25) is 0 Å². The number of carbonyl (C=O) groups excluding carboxylic acids is 1. The number of rotatable bonds is 6. The molecular formula is C30H29NO6. The molecule has 0 spiro atoms. The lowest BCUT2D eigenvalue weighted by Gasteiger charge is -2.26. The minimum absolute atomic E-state index is 0.0633. The Bertz CT molecular complexity index is 1560. The Balaban J connectivity index is 1.78. The van der Waals surface area contributed by atoms with Crippen molar-refractivity contribution in [2.75, 3.05) is 21.3 Å². The Hall–Kier alpha value is -4.26. The zero-order valence-corrected chi connectivity index (χ0v) is 21.8. The van der Waals surface area contributed by atoms with Crippen LogP contribution in [0.4, 0.5) is 0 Å². The highest BCUT2D eigenvalue weighted by Gasteiger charge is 2.43. The molecule has 3 aromatic carbocycles. The van der Waals surface area contributed by atoms with Crippen molar-refractivity contribution >= 4 is 16.9 Å². The van der Waals surface area contributed by atoms with Crippen LogP contribution < -0.4 is 19.6 Å². The molecule has 1 aliphatic heterocycles. The number of amides is 1. The first-order valence-electron chi connectivity index (χ1n) is 12.0. The van der Waals surface area contributed by atoms with Gasteiger partial charge in [0, 0.05) is 6.54 Å². The standard InChI is InChI=1S/C30H29NO6/c1-16-7-9-19(10-8-16)15-31-26(20-13-22(34-4)28(36-6)23(14-20)35-5)25-27(32)24-18(3)11-17(2)12-21(24)37-29(25)30(31)33/h7-14,26H,15H2,1-6H3. The number of carbonyl (C=O) groups is 1. The molecule has 0 saturated carbocycles. The molecule has 1 aliphatic rings. The van der Waals surface area contributed by atoms with Gasteiger partial charge in [-0.25, -0.2) is 0 Å². The normalized spacial score (nSPS) is 14.7. The van der Waals surface area contributed by atoms with E-state index in [1.165, 1.54) is 21.3 Å². The predicted molar refractivity (Wildman–Crippen MR) is 141 cm³/mol. The first kappa shape index (κ1) is 24.4. The summed E-state index contributed by atoms with van der Waals surface area (Å²) in [6.07, 6.45) is 0. The first-order chi connectivity index (χ1) is 17.8. The summed E-state index contributed by atoms with van der Waals surface area (Å²) in [5.74, 6) is 1.02. The van der Waals surface area contributed by atoms with E-state index in [4.69, 9.17) is 18.6 Å². The van der Waals surface area contributed by atoms with Crippen molar-refractivity contribution < 1.29 is 23.4 Å². The minimum atomic E-state index is -0.709. The molecule has 0 N–H and O–H groups in total. The smallest absolute Gasteiger partial charge is 0.291 e. The van der Waals surface area contributed by atoms with E-state index in [1.54, 1.807) is 23.1 Å². The molecule has 37 heavy (non-hydrogen) atoms. The Kier molecular flexibility index (Phi) is 6.15. The van der Waals surface area contributed by atoms with Crippen LogP contribution in [0.3, 0.4) is 0 Å². The molecule has 2 heterocycles.